The van der Waals surface area contributed by atoms with E-state index in [2.05, 4.69) is 5.32 Å². The Morgan fingerprint density at radius 2 is 1.78 bits per heavy atom. The van der Waals surface area contributed by atoms with Crippen molar-refractivity contribution in [1.82, 2.24) is 5.32 Å². The van der Waals surface area contributed by atoms with Gasteiger partial charge in [0.1, 0.15) is 6.04 Å². The van der Waals surface area contributed by atoms with Crippen LogP contribution in [0.1, 0.15) is 33.1 Å². The Morgan fingerprint density at radius 3 is 2.17 bits per heavy atom. The van der Waals surface area contributed by atoms with E-state index in [1.807, 2.05) is 13.8 Å². The van der Waals surface area contributed by atoms with Crippen LogP contribution in [-0.4, -0.2) is 40.1 Å². The highest BCUT2D eigenvalue weighted by Gasteiger charge is 2.24. The minimum absolute atomic E-state index is 0.0187. The summed E-state index contributed by atoms with van der Waals surface area (Å²) in [6.07, 6.45) is 0.0540. The first-order valence-electron chi connectivity index (χ1n) is 5.74. The zero-order valence-electron chi connectivity index (χ0n) is 10.5. The molecule has 0 aromatic carbocycles. The van der Waals surface area contributed by atoms with Gasteiger partial charge in [-0.3, -0.25) is 9.59 Å². The van der Waals surface area contributed by atoms with Gasteiger partial charge in [0.25, 0.3) is 0 Å². The van der Waals surface area contributed by atoms with Gasteiger partial charge in [-0.05, 0) is 18.8 Å². The van der Waals surface area contributed by atoms with Crippen molar-refractivity contribution in [1.29, 1.82) is 0 Å². The van der Waals surface area contributed by atoms with Crippen molar-refractivity contribution in [3.05, 3.63) is 0 Å². The zero-order chi connectivity index (χ0) is 14.3. The van der Waals surface area contributed by atoms with Crippen molar-refractivity contribution < 1.29 is 24.6 Å². The van der Waals surface area contributed by atoms with Crippen molar-refractivity contribution in [2.45, 2.75) is 45.2 Å². The number of carbonyl (C=O) groups is 3. The van der Waals surface area contributed by atoms with Crippen LogP contribution in [0.4, 0.5) is 0 Å². The van der Waals surface area contributed by atoms with Crippen molar-refractivity contribution in [3.63, 3.8) is 0 Å². The predicted octanol–water partition coefficient (Wildman–Crippen LogP) is -0.206. The van der Waals surface area contributed by atoms with Gasteiger partial charge in [-0.15, -0.1) is 0 Å². The summed E-state index contributed by atoms with van der Waals surface area (Å²) in [7, 11) is 0. The number of amides is 1. The molecule has 0 aliphatic heterocycles. The second kappa shape index (κ2) is 7.65. The minimum atomic E-state index is -1.12. The number of carbonyl (C=O) groups excluding carboxylic acids is 1. The van der Waals surface area contributed by atoms with Gasteiger partial charge in [-0.25, -0.2) is 4.79 Å². The number of hydrogen-bond acceptors (Lipinski definition) is 4. The first-order chi connectivity index (χ1) is 8.23. The van der Waals surface area contributed by atoms with E-state index in [0.29, 0.717) is 6.42 Å². The second-order valence-electron chi connectivity index (χ2n) is 4.57. The molecule has 104 valence electrons. The van der Waals surface area contributed by atoms with Crippen LogP contribution in [0.5, 0.6) is 0 Å². The van der Waals surface area contributed by atoms with Gasteiger partial charge < -0.3 is 21.3 Å². The molecule has 0 aliphatic rings. The molecule has 0 saturated heterocycles. The Balaban J connectivity index is 4.31. The highest BCUT2D eigenvalue weighted by molar-refractivity contribution is 5.87. The lowest BCUT2D eigenvalue weighted by Gasteiger charge is -2.18. The predicted molar refractivity (Wildman–Crippen MR) is 63.9 cm³/mol. The number of nitrogens with two attached hydrogens (primary N) is 1. The molecular weight excluding hydrogens is 240 g/mol. The number of nitrogens with one attached hydrogen (secondary N) is 1. The van der Waals surface area contributed by atoms with Gasteiger partial charge >= 0.3 is 11.9 Å². The molecule has 0 heterocycles. The molecule has 0 fully saturated rings. The third-order valence-corrected chi connectivity index (χ3v) is 2.33. The normalized spacial score (nSPS) is 14.0. The second-order valence-corrected chi connectivity index (χ2v) is 4.57. The molecule has 0 bridgehead atoms. The van der Waals surface area contributed by atoms with E-state index < -0.39 is 29.9 Å². The molecule has 18 heavy (non-hydrogen) atoms. The molecular formula is C11H20N2O5. The fourth-order valence-electron chi connectivity index (χ4n) is 1.38. The molecule has 7 heteroatoms. The van der Waals surface area contributed by atoms with Crippen LogP contribution in [0.15, 0.2) is 0 Å². The summed E-state index contributed by atoms with van der Waals surface area (Å²) in [5.41, 5.74) is 5.48. The summed E-state index contributed by atoms with van der Waals surface area (Å²) in [5.74, 6) is -2.69. The largest absolute Gasteiger partial charge is 0.481 e. The van der Waals surface area contributed by atoms with Crippen molar-refractivity contribution in [2.75, 3.05) is 0 Å². The summed E-state index contributed by atoms with van der Waals surface area (Å²) < 4.78 is 0. The molecule has 0 rings (SSSR count). The third-order valence-electron chi connectivity index (χ3n) is 2.33. The Kier molecular flexibility index (Phi) is 6.96. The SMILES string of the molecule is CC(C)C[C@H](NC(=O)[C@@H](N)CCC(=O)O)C(=O)O. The van der Waals surface area contributed by atoms with Crippen LogP contribution >= 0.6 is 0 Å². The first kappa shape index (κ1) is 16.4. The number of carboxylic acids is 2. The molecule has 0 aromatic heterocycles. The molecule has 1 amide bonds. The van der Waals surface area contributed by atoms with E-state index in [1.165, 1.54) is 0 Å². The maximum atomic E-state index is 11.6. The third kappa shape index (κ3) is 6.85. The zero-order valence-corrected chi connectivity index (χ0v) is 10.5. The number of aliphatic carboxylic acids is 2. The molecule has 7 nitrogen and oxygen atoms in total. The van der Waals surface area contributed by atoms with E-state index in [1.54, 1.807) is 0 Å². The van der Waals surface area contributed by atoms with E-state index in [0.717, 1.165) is 0 Å². The van der Waals surface area contributed by atoms with Gasteiger partial charge in [0.15, 0.2) is 0 Å². The van der Waals surface area contributed by atoms with E-state index >= 15 is 0 Å². The van der Waals surface area contributed by atoms with Gasteiger partial charge in [-0.2, -0.15) is 0 Å². The number of rotatable bonds is 8. The summed E-state index contributed by atoms with van der Waals surface area (Å²) in [5, 5.41) is 19.7. The summed E-state index contributed by atoms with van der Waals surface area (Å²) >= 11 is 0. The average molecular weight is 260 g/mol. The molecule has 0 spiro atoms. The van der Waals surface area contributed by atoms with Crippen molar-refractivity contribution in [3.8, 4) is 0 Å². The lowest BCUT2D eigenvalue weighted by Crippen LogP contribution is -2.49. The van der Waals surface area contributed by atoms with Crippen LogP contribution in [0, 0.1) is 5.92 Å². The Bertz CT molecular complexity index is 317. The summed E-state index contributed by atoms with van der Waals surface area (Å²) in [4.78, 5) is 32.8. The number of hydrogen-bond donors (Lipinski definition) is 4. The molecule has 0 aromatic rings. The maximum Gasteiger partial charge on any atom is 0.326 e. The number of carboxylic acid groups (broad SMARTS) is 2. The minimum Gasteiger partial charge on any atom is -0.481 e. The van der Waals surface area contributed by atoms with Gasteiger partial charge in [-0.1, -0.05) is 13.8 Å². The van der Waals surface area contributed by atoms with Crippen LogP contribution in [0.3, 0.4) is 0 Å². The van der Waals surface area contributed by atoms with Crippen molar-refractivity contribution >= 4 is 17.8 Å². The van der Waals surface area contributed by atoms with Gasteiger partial charge in [0.2, 0.25) is 5.91 Å². The highest BCUT2D eigenvalue weighted by Crippen LogP contribution is 2.05. The van der Waals surface area contributed by atoms with Crippen LogP contribution in [0.25, 0.3) is 0 Å². The lowest BCUT2D eigenvalue weighted by atomic mass is 10.0. The Hall–Kier alpha value is -1.63. The van der Waals surface area contributed by atoms with E-state index in [-0.39, 0.29) is 18.8 Å². The fraction of sp³-hybridized carbons (Fsp3) is 0.727. The quantitative estimate of drug-likeness (QED) is 0.478. The molecule has 5 N–H and O–H groups in total. The highest BCUT2D eigenvalue weighted by atomic mass is 16.4. The molecule has 0 unspecified atom stereocenters. The molecule has 2 atom stereocenters. The molecule has 0 saturated carbocycles. The maximum absolute atomic E-state index is 11.6. The first-order valence-corrected chi connectivity index (χ1v) is 5.74. The van der Waals surface area contributed by atoms with Gasteiger partial charge in [0.05, 0.1) is 6.04 Å². The average Bonchev–Trinajstić information content (AvgIpc) is 2.23. The molecule has 0 radical (unpaired) electrons. The fourth-order valence-corrected chi connectivity index (χ4v) is 1.38. The van der Waals surface area contributed by atoms with Gasteiger partial charge in [0, 0.05) is 6.42 Å². The van der Waals surface area contributed by atoms with Crippen LogP contribution in [0.2, 0.25) is 0 Å². The smallest absolute Gasteiger partial charge is 0.326 e. The molecule has 0 aliphatic carbocycles. The monoisotopic (exact) mass is 260 g/mol. The summed E-state index contributed by atoms with van der Waals surface area (Å²) in [6.45, 7) is 3.68. The van der Waals surface area contributed by atoms with Crippen LogP contribution in [-0.2, 0) is 14.4 Å². The van der Waals surface area contributed by atoms with E-state index in [4.69, 9.17) is 15.9 Å². The van der Waals surface area contributed by atoms with Crippen LogP contribution < -0.4 is 11.1 Å². The Labute approximate surface area is 105 Å². The van der Waals surface area contributed by atoms with E-state index in [9.17, 15) is 14.4 Å². The van der Waals surface area contributed by atoms with Crippen molar-refractivity contribution in [2.24, 2.45) is 11.7 Å². The lowest BCUT2D eigenvalue weighted by molar-refractivity contribution is -0.143. The summed E-state index contributed by atoms with van der Waals surface area (Å²) in [6, 6.07) is -2.00. The standard InChI is InChI=1S/C11H20N2O5/c1-6(2)5-8(11(17)18)13-10(16)7(12)3-4-9(14)15/h6-8H,3-5,12H2,1-2H3,(H,13,16)(H,14,15)(H,17,18)/t7-,8-/m0/s1. The topological polar surface area (TPSA) is 130 Å². The Morgan fingerprint density at radius 1 is 1.22 bits per heavy atom.